The lowest BCUT2D eigenvalue weighted by atomic mass is 9.91. The summed E-state index contributed by atoms with van der Waals surface area (Å²) < 4.78 is 45.3. The number of carbonyl (C=O) groups excluding carboxylic acids is 1. The predicted octanol–water partition coefficient (Wildman–Crippen LogP) is 6.21. The van der Waals surface area contributed by atoms with Crippen LogP contribution >= 0.6 is 23.5 Å². The molecule has 2 N–H and O–H groups in total. The molecule has 0 saturated heterocycles. The Morgan fingerprint density at radius 2 is 1.67 bits per heavy atom. The zero-order valence-corrected chi connectivity index (χ0v) is 19.9. The van der Waals surface area contributed by atoms with Crippen LogP contribution in [0.5, 0.6) is 0 Å². The summed E-state index contributed by atoms with van der Waals surface area (Å²) in [4.78, 5) is 31.2. The molecule has 0 heterocycles. The highest BCUT2D eigenvalue weighted by Crippen LogP contribution is 2.59. The fraction of sp³-hybridized carbons (Fsp3) is 0.208. The van der Waals surface area contributed by atoms with Crippen molar-refractivity contribution in [1.82, 2.24) is 0 Å². The molecular weight excluding hydrogens is 517 g/mol. The van der Waals surface area contributed by atoms with Crippen molar-refractivity contribution >= 4 is 29.5 Å². The lowest BCUT2D eigenvalue weighted by Gasteiger charge is -2.21. The first kappa shape index (κ1) is 25.2. The van der Waals surface area contributed by atoms with Crippen molar-refractivity contribution in [2.75, 3.05) is 0 Å². The summed E-state index contributed by atoms with van der Waals surface area (Å²) in [6, 6.07) is 18.2. The second-order valence-electron chi connectivity index (χ2n) is 7.47. The Morgan fingerprint density at radius 3 is 2.27 bits per heavy atom. The standard InChI is InChI=1S/C24H22BrF2O5P/c25-22-15-18(10-7-13-21(22)24(26,27)33(29,30)31)14-20(19-11-5-2-6-12-19)23(28)32-16-17-8-3-1-4-9-17/h1-6,8-13,15,20H,7,14,16H2,(H2,29,30,31). The molecule has 1 aliphatic carbocycles. The Labute approximate surface area is 198 Å². The van der Waals surface area contributed by atoms with Crippen LogP contribution < -0.4 is 0 Å². The van der Waals surface area contributed by atoms with Gasteiger partial charge in [0.15, 0.2) is 0 Å². The first-order chi connectivity index (χ1) is 15.6. The van der Waals surface area contributed by atoms with E-state index < -0.39 is 30.7 Å². The number of halogens is 3. The number of esters is 1. The number of allylic oxidation sites excluding steroid dienone is 6. The van der Waals surface area contributed by atoms with Gasteiger partial charge in [0.1, 0.15) is 6.61 Å². The van der Waals surface area contributed by atoms with E-state index in [-0.39, 0.29) is 23.9 Å². The first-order valence-corrected chi connectivity index (χ1v) is 12.5. The summed E-state index contributed by atoms with van der Waals surface area (Å²) in [6.07, 6.45) is 4.26. The highest BCUT2D eigenvalue weighted by atomic mass is 79.9. The Balaban J connectivity index is 1.82. The van der Waals surface area contributed by atoms with Crippen LogP contribution in [0.4, 0.5) is 8.78 Å². The second kappa shape index (κ2) is 10.7. The van der Waals surface area contributed by atoms with E-state index in [4.69, 9.17) is 14.5 Å². The van der Waals surface area contributed by atoms with Gasteiger partial charge in [0.2, 0.25) is 0 Å². The number of benzene rings is 2. The van der Waals surface area contributed by atoms with E-state index >= 15 is 0 Å². The molecule has 2 aromatic carbocycles. The van der Waals surface area contributed by atoms with Crippen molar-refractivity contribution < 1.29 is 32.7 Å². The molecule has 1 aliphatic rings. The molecular formula is C24H22BrF2O5P. The van der Waals surface area contributed by atoms with Crippen LogP contribution in [0.2, 0.25) is 0 Å². The zero-order chi connectivity index (χ0) is 24.1. The summed E-state index contributed by atoms with van der Waals surface area (Å²) in [6.45, 7) is 0.0990. The maximum absolute atomic E-state index is 14.3. The van der Waals surface area contributed by atoms with Gasteiger partial charge in [0.05, 0.1) is 5.92 Å². The molecule has 3 rings (SSSR count). The summed E-state index contributed by atoms with van der Waals surface area (Å²) in [5.41, 5.74) is -3.02. The Kier molecular flexibility index (Phi) is 8.19. The number of hydrogen-bond acceptors (Lipinski definition) is 3. The van der Waals surface area contributed by atoms with Gasteiger partial charge >= 0.3 is 19.2 Å². The SMILES string of the molecule is O=C(OCc1ccccc1)C(CC1=CCC=C(C(F)(F)P(=O)(O)O)C(Br)=C1)c1ccccc1. The van der Waals surface area contributed by atoms with Gasteiger partial charge in [-0.25, -0.2) is 0 Å². The molecule has 0 saturated carbocycles. The molecule has 0 aliphatic heterocycles. The second-order valence-corrected chi connectivity index (χ2v) is 9.97. The quantitative estimate of drug-likeness (QED) is 0.308. The van der Waals surface area contributed by atoms with Crippen molar-refractivity contribution in [3.8, 4) is 0 Å². The first-order valence-electron chi connectivity index (χ1n) is 10.1. The number of carbonyl (C=O) groups is 1. The summed E-state index contributed by atoms with van der Waals surface area (Å²) in [5, 5.41) is 0. The number of rotatable bonds is 8. The normalized spacial score (nSPS) is 15.6. The van der Waals surface area contributed by atoms with Crippen molar-refractivity contribution in [3.05, 3.63) is 106 Å². The predicted molar refractivity (Wildman–Crippen MR) is 125 cm³/mol. The number of hydrogen-bond donors (Lipinski definition) is 2. The van der Waals surface area contributed by atoms with E-state index in [2.05, 4.69) is 15.9 Å². The van der Waals surface area contributed by atoms with Gasteiger partial charge in [0.25, 0.3) is 0 Å². The van der Waals surface area contributed by atoms with Gasteiger partial charge in [0, 0.05) is 10.1 Å². The largest absolute Gasteiger partial charge is 0.460 e. The molecule has 5 nitrogen and oxygen atoms in total. The molecule has 0 spiro atoms. The van der Waals surface area contributed by atoms with Crippen molar-refractivity contribution in [3.63, 3.8) is 0 Å². The molecule has 0 amide bonds. The van der Waals surface area contributed by atoms with Crippen LogP contribution in [0.15, 0.2) is 94.5 Å². The topological polar surface area (TPSA) is 83.8 Å². The number of ether oxygens (including phenoxy) is 1. The highest BCUT2D eigenvalue weighted by Gasteiger charge is 2.52. The molecule has 174 valence electrons. The van der Waals surface area contributed by atoms with Gasteiger partial charge in [-0.05, 0) is 35.6 Å². The van der Waals surface area contributed by atoms with Gasteiger partial charge in [-0.3, -0.25) is 9.36 Å². The zero-order valence-electron chi connectivity index (χ0n) is 17.4. The summed E-state index contributed by atoms with van der Waals surface area (Å²) in [5.74, 6) is -1.16. The minimum atomic E-state index is -5.71. The van der Waals surface area contributed by atoms with E-state index in [9.17, 15) is 18.1 Å². The van der Waals surface area contributed by atoms with E-state index in [1.54, 1.807) is 30.3 Å². The van der Waals surface area contributed by atoms with Crippen LogP contribution in [-0.4, -0.2) is 21.4 Å². The van der Waals surface area contributed by atoms with Crippen LogP contribution in [0, 0.1) is 0 Å². The Hall–Kier alpha value is -2.38. The Bertz CT molecular complexity index is 1120. The molecule has 0 aromatic heterocycles. The van der Waals surface area contributed by atoms with E-state index in [1.807, 2.05) is 36.4 Å². The minimum Gasteiger partial charge on any atom is -0.460 e. The van der Waals surface area contributed by atoms with Gasteiger partial charge in [-0.1, -0.05) is 88.7 Å². The third-order valence-corrected chi connectivity index (χ3v) is 6.74. The van der Waals surface area contributed by atoms with Gasteiger partial charge < -0.3 is 14.5 Å². The van der Waals surface area contributed by atoms with Crippen LogP contribution in [0.1, 0.15) is 29.9 Å². The fourth-order valence-corrected chi connectivity index (χ4v) is 4.76. The fourth-order valence-electron chi connectivity index (χ4n) is 3.38. The average Bonchev–Trinajstić information content (AvgIpc) is 2.97. The maximum Gasteiger partial charge on any atom is 0.399 e. The van der Waals surface area contributed by atoms with Gasteiger partial charge in [-0.15, -0.1) is 0 Å². The van der Waals surface area contributed by atoms with Gasteiger partial charge in [-0.2, -0.15) is 8.78 Å². The molecule has 0 bridgehead atoms. The molecule has 33 heavy (non-hydrogen) atoms. The maximum atomic E-state index is 14.3. The smallest absolute Gasteiger partial charge is 0.399 e. The van der Waals surface area contributed by atoms with Crippen LogP contribution in [-0.2, 0) is 20.7 Å². The molecule has 9 heteroatoms. The third kappa shape index (κ3) is 6.36. The highest BCUT2D eigenvalue weighted by molar-refractivity contribution is 9.12. The van der Waals surface area contributed by atoms with Crippen LogP contribution in [0.25, 0.3) is 0 Å². The molecule has 1 atom stereocenters. The molecule has 1 unspecified atom stereocenters. The van der Waals surface area contributed by atoms with E-state index in [0.717, 1.165) is 11.6 Å². The molecule has 2 aromatic rings. The number of alkyl halides is 2. The minimum absolute atomic E-state index is 0.0203. The third-order valence-electron chi connectivity index (χ3n) is 5.11. The van der Waals surface area contributed by atoms with Crippen LogP contribution in [0.3, 0.4) is 0 Å². The molecule has 0 fully saturated rings. The average molecular weight is 539 g/mol. The summed E-state index contributed by atoms with van der Waals surface area (Å²) in [7, 11) is -5.71. The van der Waals surface area contributed by atoms with Crippen molar-refractivity contribution in [2.45, 2.75) is 31.0 Å². The Morgan fingerprint density at radius 1 is 1.06 bits per heavy atom. The van der Waals surface area contributed by atoms with Crippen molar-refractivity contribution in [2.24, 2.45) is 0 Å². The van der Waals surface area contributed by atoms with E-state index in [0.29, 0.717) is 11.1 Å². The molecule has 0 radical (unpaired) electrons. The lowest BCUT2D eigenvalue weighted by Crippen LogP contribution is -2.20. The van der Waals surface area contributed by atoms with E-state index in [1.165, 1.54) is 6.08 Å². The van der Waals surface area contributed by atoms with Crippen molar-refractivity contribution in [1.29, 1.82) is 0 Å². The summed E-state index contributed by atoms with van der Waals surface area (Å²) >= 11 is 3.03. The lowest BCUT2D eigenvalue weighted by molar-refractivity contribution is -0.146. The monoisotopic (exact) mass is 538 g/mol.